The molecule has 0 spiro atoms. The summed E-state index contributed by atoms with van der Waals surface area (Å²) in [7, 11) is 0. The molecule has 0 saturated heterocycles. The SMILES string of the molecule is CCc1ccc2c(c1)c1ccccc1n2-c1ccc(-c2nc3c4ccccc4c4ccccc4c3n2-c2ccccc2)cc1. The van der Waals surface area contributed by atoms with E-state index in [2.05, 4.69) is 162 Å². The van der Waals surface area contributed by atoms with E-state index < -0.39 is 0 Å². The van der Waals surface area contributed by atoms with Gasteiger partial charge in [0.05, 0.1) is 22.1 Å². The van der Waals surface area contributed by atoms with Crippen molar-refractivity contribution in [2.45, 2.75) is 13.3 Å². The average molecular weight is 564 g/mol. The Balaban J connectivity index is 1.30. The van der Waals surface area contributed by atoms with Crippen LogP contribution in [0.2, 0.25) is 0 Å². The van der Waals surface area contributed by atoms with Crippen LogP contribution in [-0.4, -0.2) is 14.1 Å². The van der Waals surface area contributed by atoms with Crippen molar-refractivity contribution >= 4 is 54.4 Å². The molecule has 0 bridgehead atoms. The first kappa shape index (κ1) is 24.9. The highest BCUT2D eigenvalue weighted by Gasteiger charge is 2.20. The van der Waals surface area contributed by atoms with Gasteiger partial charge in [0.15, 0.2) is 0 Å². The van der Waals surface area contributed by atoms with Gasteiger partial charge in [-0.1, -0.05) is 97.9 Å². The maximum Gasteiger partial charge on any atom is 0.145 e. The van der Waals surface area contributed by atoms with Crippen molar-refractivity contribution < 1.29 is 0 Å². The Morgan fingerprint density at radius 1 is 0.477 bits per heavy atom. The van der Waals surface area contributed by atoms with Crippen molar-refractivity contribution in [1.82, 2.24) is 14.1 Å². The minimum Gasteiger partial charge on any atom is -0.309 e. The van der Waals surface area contributed by atoms with Crippen molar-refractivity contribution in [3.05, 3.63) is 151 Å². The van der Waals surface area contributed by atoms with Gasteiger partial charge in [-0.25, -0.2) is 4.98 Å². The minimum atomic E-state index is 0.939. The molecule has 9 aromatic rings. The molecular weight excluding hydrogens is 534 g/mol. The van der Waals surface area contributed by atoms with Crippen LogP contribution in [0.1, 0.15) is 12.5 Å². The fraction of sp³-hybridized carbons (Fsp3) is 0.0488. The normalized spacial score (nSPS) is 11.8. The summed E-state index contributed by atoms with van der Waals surface area (Å²) in [6, 6.07) is 52.5. The zero-order valence-electron chi connectivity index (χ0n) is 24.4. The quantitative estimate of drug-likeness (QED) is 0.195. The first-order chi connectivity index (χ1) is 21.8. The summed E-state index contributed by atoms with van der Waals surface area (Å²) >= 11 is 0. The van der Waals surface area contributed by atoms with Gasteiger partial charge in [-0.2, -0.15) is 0 Å². The average Bonchev–Trinajstić information content (AvgIpc) is 3.66. The fourth-order valence-corrected chi connectivity index (χ4v) is 7.01. The fourth-order valence-electron chi connectivity index (χ4n) is 7.01. The molecule has 3 nitrogen and oxygen atoms in total. The van der Waals surface area contributed by atoms with Crippen molar-refractivity contribution in [2.24, 2.45) is 0 Å². The molecular formula is C41H29N3. The summed E-state index contributed by atoms with van der Waals surface area (Å²) in [6.07, 6.45) is 1.02. The van der Waals surface area contributed by atoms with Gasteiger partial charge >= 0.3 is 0 Å². The van der Waals surface area contributed by atoms with Crippen molar-refractivity contribution in [2.75, 3.05) is 0 Å². The van der Waals surface area contributed by atoms with Gasteiger partial charge in [0.1, 0.15) is 5.82 Å². The van der Waals surface area contributed by atoms with Crippen molar-refractivity contribution in [3.63, 3.8) is 0 Å². The molecule has 0 unspecified atom stereocenters. The van der Waals surface area contributed by atoms with Crippen LogP contribution >= 0.6 is 0 Å². The number of aromatic nitrogens is 3. The molecule has 0 aliphatic carbocycles. The largest absolute Gasteiger partial charge is 0.309 e. The highest BCUT2D eigenvalue weighted by Crippen LogP contribution is 2.39. The van der Waals surface area contributed by atoms with Gasteiger partial charge in [0.2, 0.25) is 0 Å². The van der Waals surface area contributed by atoms with Gasteiger partial charge in [0, 0.05) is 38.5 Å². The number of hydrogen-bond donors (Lipinski definition) is 0. The predicted octanol–water partition coefficient (Wildman–Crippen LogP) is 10.7. The molecule has 44 heavy (non-hydrogen) atoms. The molecule has 0 aliphatic heterocycles. The number of imidazole rings is 1. The first-order valence-electron chi connectivity index (χ1n) is 15.3. The number of para-hydroxylation sites is 2. The predicted molar refractivity (Wildman–Crippen MR) is 185 cm³/mol. The Kier molecular flexibility index (Phi) is 5.48. The van der Waals surface area contributed by atoms with Crippen LogP contribution in [0.5, 0.6) is 0 Å². The van der Waals surface area contributed by atoms with E-state index in [1.807, 2.05) is 0 Å². The van der Waals surface area contributed by atoms with Gasteiger partial charge in [0.25, 0.3) is 0 Å². The maximum atomic E-state index is 5.41. The van der Waals surface area contributed by atoms with E-state index in [0.717, 1.165) is 40.2 Å². The summed E-state index contributed by atoms with van der Waals surface area (Å²) in [4.78, 5) is 5.41. The summed E-state index contributed by atoms with van der Waals surface area (Å²) in [5.41, 5.74) is 9.29. The molecule has 0 fully saturated rings. The lowest BCUT2D eigenvalue weighted by atomic mass is 10.00. The Morgan fingerprint density at radius 3 is 1.82 bits per heavy atom. The number of aryl methyl sites for hydroxylation is 1. The molecule has 7 aromatic carbocycles. The molecule has 208 valence electrons. The number of hydrogen-bond acceptors (Lipinski definition) is 1. The third kappa shape index (κ3) is 3.59. The summed E-state index contributed by atoms with van der Waals surface area (Å²) in [5, 5.41) is 7.43. The molecule has 0 atom stereocenters. The van der Waals surface area contributed by atoms with E-state index in [1.54, 1.807) is 0 Å². The molecule has 0 radical (unpaired) electrons. The molecule has 0 aliphatic rings. The van der Waals surface area contributed by atoms with Crippen LogP contribution in [0.15, 0.2) is 146 Å². The van der Waals surface area contributed by atoms with E-state index in [9.17, 15) is 0 Å². The summed E-state index contributed by atoms with van der Waals surface area (Å²) < 4.78 is 4.72. The van der Waals surface area contributed by atoms with Crippen LogP contribution in [0, 0.1) is 0 Å². The van der Waals surface area contributed by atoms with Crippen LogP contribution < -0.4 is 0 Å². The molecule has 2 aromatic heterocycles. The lowest BCUT2D eigenvalue weighted by Crippen LogP contribution is -1.99. The van der Waals surface area contributed by atoms with Crippen LogP contribution in [0.3, 0.4) is 0 Å². The highest BCUT2D eigenvalue weighted by atomic mass is 15.1. The summed E-state index contributed by atoms with van der Waals surface area (Å²) in [5.74, 6) is 0.939. The zero-order chi connectivity index (χ0) is 29.2. The second-order valence-electron chi connectivity index (χ2n) is 11.5. The molecule has 0 amide bonds. The molecule has 0 N–H and O–H groups in total. The molecule has 9 rings (SSSR count). The maximum absolute atomic E-state index is 5.41. The third-order valence-corrected chi connectivity index (χ3v) is 9.08. The van der Waals surface area contributed by atoms with E-state index in [1.165, 1.54) is 48.9 Å². The smallest absolute Gasteiger partial charge is 0.145 e. The van der Waals surface area contributed by atoms with Gasteiger partial charge in [-0.15, -0.1) is 0 Å². The highest BCUT2D eigenvalue weighted by molar-refractivity contribution is 6.24. The van der Waals surface area contributed by atoms with E-state index in [-0.39, 0.29) is 0 Å². The number of rotatable bonds is 4. The van der Waals surface area contributed by atoms with Crippen LogP contribution in [0.25, 0.3) is 77.1 Å². The lowest BCUT2D eigenvalue weighted by Gasteiger charge is -2.13. The monoisotopic (exact) mass is 563 g/mol. The second kappa shape index (κ2) is 9.68. The van der Waals surface area contributed by atoms with Crippen LogP contribution in [-0.2, 0) is 6.42 Å². The first-order valence-corrected chi connectivity index (χ1v) is 15.3. The second-order valence-corrected chi connectivity index (χ2v) is 11.5. The topological polar surface area (TPSA) is 22.8 Å². The Bertz CT molecular complexity index is 2520. The zero-order valence-corrected chi connectivity index (χ0v) is 24.4. The van der Waals surface area contributed by atoms with Crippen molar-refractivity contribution in [3.8, 4) is 22.8 Å². The van der Waals surface area contributed by atoms with Gasteiger partial charge in [-0.05, 0) is 77.4 Å². The standard InChI is InChI=1S/C41H29N3/c1-2-27-20-25-38-36(26-27)33-16-10-11-19-37(33)43(38)30-23-21-28(22-24-30)41-42-39-34-17-8-6-14-31(34)32-15-7-9-18-35(32)40(39)44(41)29-12-4-3-5-13-29/h3-26H,2H2,1H3. The number of fused-ring (bicyclic) bond motifs is 9. The number of benzene rings is 7. The Morgan fingerprint density at radius 2 is 1.07 bits per heavy atom. The third-order valence-electron chi connectivity index (χ3n) is 9.08. The molecule has 0 saturated carbocycles. The Hall–Kier alpha value is -5.67. The van der Waals surface area contributed by atoms with Crippen molar-refractivity contribution in [1.29, 1.82) is 0 Å². The Labute approximate surface area is 255 Å². The van der Waals surface area contributed by atoms with E-state index in [4.69, 9.17) is 4.98 Å². The van der Waals surface area contributed by atoms with E-state index in [0.29, 0.717) is 0 Å². The minimum absolute atomic E-state index is 0.939. The van der Waals surface area contributed by atoms with Gasteiger partial charge in [-0.3, -0.25) is 4.57 Å². The van der Waals surface area contributed by atoms with E-state index >= 15 is 0 Å². The molecule has 2 heterocycles. The van der Waals surface area contributed by atoms with Gasteiger partial charge < -0.3 is 4.57 Å². The molecule has 3 heteroatoms. The summed E-state index contributed by atoms with van der Waals surface area (Å²) in [6.45, 7) is 2.22. The lowest BCUT2D eigenvalue weighted by molar-refractivity contribution is 1.10. The van der Waals surface area contributed by atoms with Crippen LogP contribution in [0.4, 0.5) is 0 Å². The number of nitrogens with zero attached hydrogens (tertiary/aromatic N) is 3.